The number of hydrogen-bond acceptors (Lipinski definition) is 9. The number of piperazine rings is 1. The molecule has 5 heterocycles. The van der Waals surface area contributed by atoms with Crippen LogP contribution in [0.3, 0.4) is 0 Å². The third-order valence-corrected chi connectivity index (χ3v) is 7.77. The maximum absolute atomic E-state index is 16.0. The molecular formula is C27H23F7N8O2. The average molecular weight is 625 g/mol. The van der Waals surface area contributed by atoms with E-state index in [1.807, 2.05) is 4.90 Å². The summed E-state index contributed by atoms with van der Waals surface area (Å²) in [6.07, 6.45) is -6.02. The van der Waals surface area contributed by atoms with Crippen molar-refractivity contribution in [2.45, 2.75) is 36.8 Å². The SMILES string of the molecule is OC(CC(F)(F)F)c1ncc(N2CCN(c3ccc(C(F)(F)[C@]4(O)Cn5nnnc5-c5cc(F)ccc54)nc3)CC2)cc1F. The number of pyridine rings is 2. The normalized spacial score (nSPS) is 19.5. The van der Waals surface area contributed by atoms with Gasteiger partial charge < -0.3 is 20.0 Å². The first-order valence-electron chi connectivity index (χ1n) is 13.3. The van der Waals surface area contributed by atoms with E-state index in [1.54, 1.807) is 4.90 Å². The molecule has 17 heteroatoms. The molecule has 1 aromatic carbocycles. The number of aliphatic hydroxyl groups is 2. The molecule has 44 heavy (non-hydrogen) atoms. The van der Waals surface area contributed by atoms with Crippen LogP contribution in [0.4, 0.5) is 42.1 Å². The molecule has 1 saturated heterocycles. The van der Waals surface area contributed by atoms with Crippen molar-refractivity contribution in [3.8, 4) is 11.4 Å². The Labute approximate surface area is 244 Å². The molecule has 6 rings (SSSR count). The predicted molar refractivity (Wildman–Crippen MR) is 139 cm³/mol. The van der Waals surface area contributed by atoms with Crippen molar-refractivity contribution < 1.29 is 40.9 Å². The van der Waals surface area contributed by atoms with E-state index >= 15 is 8.78 Å². The predicted octanol–water partition coefficient (Wildman–Crippen LogP) is 3.71. The molecule has 0 radical (unpaired) electrons. The van der Waals surface area contributed by atoms with Crippen molar-refractivity contribution in [3.63, 3.8) is 0 Å². The van der Waals surface area contributed by atoms with Gasteiger partial charge in [-0.05, 0) is 34.7 Å². The van der Waals surface area contributed by atoms with Crippen molar-refractivity contribution >= 4 is 11.4 Å². The second-order valence-electron chi connectivity index (χ2n) is 10.6. The first-order valence-corrected chi connectivity index (χ1v) is 13.3. The Morgan fingerprint density at radius 2 is 1.57 bits per heavy atom. The van der Waals surface area contributed by atoms with Gasteiger partial charge in [0.25, 0.3) is 0 Å². The zero-order valence-corrected chi connectivity index (χ0v) is 22.6. The summed E-state index contributed by atoms with van der Waals surface area (Å²) in [7, 11) is 0. The molecule has 0 aliphatic carbocycles. The van der Waals surface area contributed by atoms with E-state index in [9.17, 15) is 32.2 Å². The number of tetrazole rings is 1. The van der Waals surface area contributed by atoms with E-state index < -0.39 is 59.8 Å². The van der Waals surface area contributed by atoms with Crippen LogP contribution in [-0.2, 0) is 18.1 Å². The minimum Gasteiger partial charge on any atom is -0.386 e. The Kier molecular flexibility index (Phi) is 7.19. The first kappa shape index (κ1) is 29.7. The molecule has 0 bridgehead atoms. The lowest BCUT2D eigenvalue weighted by Gasteiger charge is -2.39. The fourth-order valence-corrected chi connectivity index (χ4v) is 5.50. The van der Waals surface area contributed by atoms with E-state index in [4.69, 9.17) is 0 Å². The van der Waals surface area contributed by atoms with Crippen molar-refractivity contribution in [2.75, 3.05) is 36.0 Å². The number of alkyl halides is 5. The van der Waals surface area contributed by atoms with Crippen LogP contribution in [0.15, 0.2) is 48.8 Å². The highest BCUT2D eigenvalue weighted by Gasteiger charge is 2.59. The van der Waals surface area contributed by atoms with Crippen LogP contribution >= 0.6 is 0 Å². The summed E-state index contributed by atoms with van der Waals surface area (Å²) in [5.41, 5.74) is -3.78. The zero-order valence-electron chi connectivity index (χ0n) is 22.6. The number of anilines is 2. The lowest BCUT2D eigenvalue weighted by Crippen LogP contribution is -2.49. The number of hydrogen-bond donors (Lipinski definition) is 2. The molecule has 0 spiro atoms. The summed E-state index contributed by atoms with van der Waals surface area (Å²) >= 11 is 0. The van der Waals surface area contributed by atoms with Gasteiger partial charge in [0.2, 0.25) is 0 Å². The Hall–Kier alpha value is -4.38. The fourth-order valence-electron chi connectivity index (χ4n) is 5.50. The van der Waals surface area contributed by atoms with Crippen LogP contribution in [0.2, 0.25) is 0 Å². The smallest absolute Gasteiger partial charge is 0.386 e. The minimum atomic E-state index is -4.69. The molecule has 2 atom stereocenters. The van der Waals surface area contributed by atoms with E-state index in [1.165, 1.54) is 18.5 Å². The van der Waals surface area contributed by atoms with Crippen LogP contribution in [0.1, 0.15) is 29.5 Å². The largest absolute Gasteiger partial charge is 0.391 e. The fraction of sp³-hybridized carbons (Fsp3) is 0.370. The maximum Gasteiger partial charge on any atom is 0.391 e. The topological polar surface area (TPSA) is 116 Å². The van der Waals surface area contributed by atoms with Gasteiger partial charge in [-0.2, -0.15) is 22.0 Å². The van der Waals surface area contributed by atoms with Gasteiger partial charge in [-0.15, -0.1) is 5.10 Å². The summed E-state index contributed by atoms with van der Waals surface area (Å²) in [5, 5.41) is 32.0. The highest BCUT2D eigenvalue weighted by molar-refractivity contribution is 5.64. The summed E-state index contributed by atoms with van der Waals surface area (Å²) in [6, 6.07) is 6.53. The van der Waals surface area contributed by atoms with Gasteiger partial charge in [0, 0.05) is 43.4 Å². The number of aromatic nitrogens is 6. The number of fused-ring (bicyclic) bond motifs is 3. The molecule has 2 aliphatic heterocycles. The van der Waals surface area contributed by atoms with E-state index in [0.717, 1.165) is 35.0 Å². The zero-order chi connectivity index (χ0) is 31.4. The molecule has 2 N–H and O–H groups in total. The average Bonchev–Trinajstić information content (AvgIpc) is 3.44. The third kappa shape index (κ3) is 5.19. The van der Waals surface area contributed by atoms with Gasteiger partial charge in [0.05, 0.1) is 36.7 Å². The third-order valence-electron chi connectivity index (χ3n) is 7.77. The molecule has 4 aromatic rings. The molecule has 1 unspecified atom stereocenters. The maximum atomic E-state index is 16.0. The van der Waals surface area contributed by atoms with Crippen molar-refractivity contribution in [3.05, 3.63) is 77.4 Å². The van der Waals surface area contributed by atoms with Gasteiger partial charge in [-0.3, -0.25) is 9.97 Å². The summed E-state index contributed by atoms with van der Waals surface area (Å²) in [4.78, 5) is 11.3. The lowest BCUT2D eigenvalue weighted by atomic mass is 9.80. The number of nitrogens with zero attached hydrogens (tertiary/aromatic N) is 8. The minimum absolute atomic E-state index is 0.0379. The van der Waals surface area contributed by atoms with Crippen LogP contribution in [0.5, 0.6) is 0 Å². The standard InChI is InChI=1S/C27H23F7N8O2/c28-15-1-3-19-18(9-15)24-37-38-39-42(24)14-25(19,44)27(33,34)22-4-2-16(12-35-22)40-5-7-41(8-6-40)17-10-20(29)23(36-13-17)21(43)11-26(30,31)32/h1-4,9-10,12-13,21,43-44H,5-8,11,14H2/t21?,25-/m0/s1. The molecule has 1 fully saturated rings. The summed E-state index contributed by atoms with van der Waals surface area (Å²) in [5.74, 6) is -5.69. The molecule has 3 aromatic heterocycles. The van der Waals surface area contributed by atoms with E-state index in [-0.39, 0.29) is 17.0 Å². The second-order valence-corrected chi connectivity index (χ2v) is 10.6. The Bertz CT molecular complexity index is 1680. The monoisotopic (exact) mass is 624 g/mol. The van der Waals surface area contributed by atoms with E-state index in [2.05, 4.69) is 25.5 Å². The van der Waals surface area contributed by atoms with E-state index in [0.29, 0.717) is 37.6 Å². The van der Waals surface area contributed by atoms with Crippen molar-refractivity contribution in [2.24, 2.45) is 0 Å². The van der Waals surface area contributed by atoms with Crippen LogP contribution in [0.25, 0.3) is 11.4 Å². The van der Waals surface area contributed by atoms with Gasteiger partial charge in [-0.25, -0.2) is 13.5 Å². The van der Waals surface area contributed by atoms with Crippen molar-refractivity contribution in [1.82, 2.24) is 30.2 Å². The first-order chi connectivity index (χ1) is 20.8. The molecule has 0 amide bonds. The number of benzene rings is 1. The summed E-state index contributed by atoms with van der Waals surface area (Å²) in [6.45, 7) is 0.699. The number of rotatable bonds is 6. The van der Waals surface area contributed by atoms with Crippen LogP contribution < -0.4 is 9.80 Å². The molecule has 0 saturated carbocycles. The molecule has 10 nitrogen and oxygen atoms in total. The number of aliphatic hydroxyl groups excluding tert-OH is 1. The molecular weight excluding hydrogens is 601 g/mol. The van der Waals surface area contributed by atoms with Gasteiger partial charge >= 0.3 is 12.1 Å². The quantitative estimate of drug-likeness (QED) is 0.310. The molecule has 2 aliphatic rings. The highest BCUT2D eigenvalue weighted by atomic mass is 19.4. The molecule has 232 valence electrons. The number of halogens is 7. The second kappa shape index (κ2) is 10.7. The van der Waals surface area contributed by atoms with Gasteiger partial charge in [-0.1, -0.05) is 6.07 Å². The highest BCUT2D eigenvalue weighted by Crippen LogP contribution is 2.50. The van der Waals surface area contributed by atoms with Crippen LogP contribution in [-0.4, -0.2) is 72.7 Å². The Balaban J connectivity index is 1.15. The summed E-state index contributed by atoms with van der Waals surface area (Å²) < 4.78 is 99.1. The lowest BCUT2D eigenvalue weighted by molar-refractivity contribution is -0.207. The Morgan fingerprint density at radius 1 is 0.886 bits per heavy atom. The van der Waals surface area contributed by atoms with Crippen LogP contribution in [0, 0.1) is 11.6 Å². The van der Waals surface area contributed by atoms with Gasteiger partial charge in [0.15, 0.2) is 11.4 Å². The van der Waals surface area contributed by atoms with Gasteiger partial charge in [0.1, 0.15) is 29.1 Å². The Morgan fingerprint density at radius 3 is 2.20 bits per heavy atom. The van der Waals surface area contributed by atoms with Crippen molar-refractivity contribution in [1.29, 1.82) is 0 Å².